The second-order valence-corrected chi connectivity index (χ2v) is 11.6. The van der Waals surface area contributed by atoms with Crippen molar-refractivity contribution in [2.24, 2.45) is 11.1 Å². The quantitative estimate of drug-likeness (QED) is 0.486. The molecule has 6 heteroatoms. The maximum Gasteiger partial charge on any atom is 0.129 e. The van der Waals surface area contributed by atoms with E-state index in [1.54, 1.807) is 19.2 Å². The van der Waals surface area contributed by atoms with Crippen LogP contribution < -0.4 is 5.73 Å². The molecule has 2 N–H and O–H groups in total. The van der Waals surface area contributed by atoms with Crippen LogP contribution in [-0.4, -0.2) is 30.3 Å². The van der Waals surface area contributed by atoms with Crippen molar-refractivity contribution in [3.05, 3.63) is 68.9 Å². The van der Waals surface area contributed by atoms with Gasteiger partial charge in [-0.1, -0.05) is 66.5 Å². The molecule has 2 aromatic rings. The lowest BCUT2D eigenvalue weighted by Crippen LogP contribution is -2.57. The molecule has 0 bridgehead atoms. The molecule has 0 radical (unpaired) electrons. The van der Waals surface area contributed by atoms with Gasteiger partial charge in [0.2, 0.25) is 0 Å². The Kier molecular flexibility index (Phi) is 6.96. The van der Waals surface area contributed by atoms with Crippen LogP contribution in [0.4, 0.5) is 4.39 Å². The van der Waals surface area contributed by atoms with Gasteiger partial charge in [0.15, 0.2) is 0 Å². The van der Waals surface area contributed by atoms with Crippen LogP contribution in [-0.2, 0) is 10.3 Å². The highest BCUT2D eigenvalue weighted by Gasteiger charge is 2.58. The van der Waals surface area contributed by atoms with E-state index in [-0.39, 0.29) is 23.2 Å². The molecule has 3 rings (SSSR count). The van der Waals surface area contributed by atoms with E-state index in [0.29, 0.717) is 17.1 Å². The molecule has 31 heavy (non-hydrogen) atoms. The van der Waals surface area contributed by atoms with Gasteiger partial charge in [-0.3, -0.25) is 4.90 Å². The monoisotopic (exact) mass is 510 g/mol. The number of benzene rings is 2. The number of ether oxygens (including phenoxy) is 1. The predicted octanol–water partition coefficient (Wildman–Crippen LogP) is 6.68. The maximum atomic E-state index is 15.4. The third kappa shape index (κ3) is 4.86. The molecule has 3 atom stereocenters. The third-order valence-electron chi connectivity index (χ3n) is 6.53. The number of methoxy groups -OCH3 is 1. The van der Waals surface area contributed by atoms with Crippen molar-refractivity contribution >= 4 is 27.5 Å². The number of halogens is 3. The summed E-state index contributed by atoms with van der Waals surface area (Å²) in [6.45, 7) is 11.3. The molecule has 0 aliphatic carbocycles. The number of hydrogen-bond donors (Lipinski definition) is 1. The van der Waals surface area contributed by atoms with Gasteiger partial charge in [-0.05, 0) is 55.5 Å². The van der Waals surface area contributed by atoms with Crippen LogP contribution in [0.1, 0.15) is 58.1 Å². The zero-order valence-corrected chi connectivity index (χ0v) is 21.5. The van der Waals surface area contributed by atoms with Crippen LogP contribution >= 0.6 is 27.5 Å². The summed E-state index contributed by atoms with van der Waals surface area (Å²) in [7, 11) is 1.71. The minimum atomic E-state index is -0.974. The van der Waals surface area contributed by atoms with Gasteiger partial charge < -0.3 is 10.5 Å². The Morgan fingerprint density at radius 2 is 1.87 bits per heavy atom. The summed E-state index contributed by atoms with van der Waals surface area (Å²) in [4.78, 5) is 2.30. The predicted molar refractivity (Wildman–Crippen MR) is 130 cm³/mol. The van der Waals surface area contributed by atoms with Crippen molar-refractivity contribution in [1.82, 2.24) is 4.90 Å². The van der Waals surface area contributed by atoms with Crippen LogP contribution in [0, 0.1) is 11.2 Å². The molecule has 0 saturated carbocycles. The Labute approximate surface area is 199 Å². The molecule has 0 unspecified atom stereocenters. The normalized spacial score (nSPS) is 25.2. The summed E-state index contributed by atoms with van der Waals surface area (Å²) in [5.74, 6) is -0.506. The minimum absolute atomic E-state index is 0.0214. The summed E-state index contributed by atoms with van der Waals surface area (Å²) < 4.78 is 22.3. The maximum absolute atomic E-state index is 15.4. The highest BCUT2D eigenvalue weighted by atomic mass is 79.9. The molecule has 0 spiro atoms. The van der Waals surface area contributed by atoms with E-state index in [0.717, 1.165) is 16.5 Å². The van der Waals surface area contributed by atoms with Crippen molar-refractivity contribution in [1.29, 1.82) is 0 Å². The second-order valence-electron chi connectivity index (χ2n) is 10.2. The molecule has 170 valence electrons. The standard InChI is InChI=1S/C25H33BrClFN2O/c1-23(2,3)14-22-25(29,19-11-10-18(27)13-21(19)28)20(15-30(22)24(4,5)31-6)16-8-7-9-17(26)12-16/h7-13,20,22H,14-15,29H2,1-6H3/t20-,22+,25+/m1/s1. The molecular weight excluding hydrogens is 479 g/mol. The summed E-state index contributed by atoms with van der Waals surface area (Å²) in [5, 5.41) is 0.364. The Bertz CT molecular complexity index is 945. The fourth-order valence-electron chi connectivity index (χ4n) is 4.85. The van der Waals surface area contributed by atoms with E-state index in [1.807, 2.05) is 26.0 Å². The number of nitrogens with two attached hydrogens (primary N) is 1. The van der Waals surface area contributed by atoms with E-state index >= 15 is 4.39 Å². The molecule has 3 nitrogen and oxygen atoms in total. The molecule has 1 aliphatic rings. The van der Waals surface area contributed by atoms with Crippen LogP contribution in [0.5, 0.6) is 0 Å². The van der Waals surface area contributed by atoms with Gasteiger partial charge in [0.25, 0.3) is 0 Å². The topological polar surface area (TPSA) is 38.5 Å². The first-order valence-corrected chi connectivity index (χ1v) is 11.8. The summed E-state index contributed by atoms with van der Waals surface area (Å²) in [5.41, 5.74) is 7.36. The lowest BCUT2D eigenvalue weighted by atomic mass is 9.70. The van der Waals surface area contributed by atoms with E-state index in [4.69, 9.17) is 22.1 Å². The molecule has 0 aromatic heterocycles. The summed E-state index contributed by atoms with van der Waals surface area (Å²) in [6.07, 6.45) is 0.781. The number of nitrogens with zero attached hydrogens (tertiary/aromatic N) is 1. The van der Waals surface area contributed by atoms with E-state index < -0.39 is 11.3 Å². The molecule has 1 fully saturated rings. The minimum Gasteiger partial charge on any atom is -0.364 e. The number of likely N-dealkylation sites (tertiary alicyclic amines) is 1. The van der Waals surface area contributed by atoms with Crippen LogP contribution in [0.3, 0.4) is 0 Å². The van der Waals surface area contributed by atoms with Crippen molar-refractivity contribution in [2.45, 2.75) is 64.3 Å². The third-order valence-corrected chi connectivity index (χ3v) is 7.26. The lowest BCUT2D eigenvalue weighted by Gasteiger charge is -2.45. The van der Waals surface area contributed by atoms with Gasteiger partial charge in [-0.2, -0.15) is 0 Å². The van der Waals surface area contributed by atoms with E-state index in [9.17, 15) is 0 Å². The first kappa shape index (κ1) is 24.7. The van der Waals surface area contributed by atoms with Gasteiger partial charge in [0.05, 0.1) is 5.54 Å². The molecule has 1 saturated heterocycles. The highest BCUT2D eigenvalue weighted by Crippen LogP contribution is 2.52. The molecule has 0 amide bonds. The van der Waals surface area contributed by atoms with Gasteiger partial charge in [0, 0.05) is 40.7 Å². The van der Waals surface area contributed by atoms with Crippen molar-refractivity contribution in [3.63, 3.8) is 0 Å². The van der Waals surface area contributed by atoms with Gasteiger partial charge in [0.1, 0.15) is 11.5 Å². The zero-order valence-electron chi connectivity index (χ0n) is 19.2. The first-order chi connectivity index (χ1) is 14.3. The smallest absolute Gasteiger partial charge is 0.129 e. The van der Waals surface area contributed by atoms with Crippen molar-refractivity contribution < 1.29 is 9.13 Å². The fourth-order valence-corrected chi connectivity index (χ4v) is 5.42. The largest absolute Gasteiger partial charge is 0.364 e. The van der Waals surface area contributed by atoms with Gasteiger partial charge >= 0.3 is 0 Å². The summed E-state index contributed by atoms with van der Waals surface area (Å²) in [6, 6.07) is 12.8. The summed E-state index contributed by atoms with van der Waals surface area (Å²) >= 11 is 9.68. The average molecular weight is 512 g/mol. The number of hydrogen-bond acceptors (Lipinski definition) is 3. The first-order valence-electron chi connectivity index (χ1n) is 10.6. The second kappa shape index (κ2) is 8.75. The van der Waals surface area contributed by atoms with Gasteiger partial charge in [-0.15, -0.1) is 0 Å². The Morgan fingerprint density at radius 3 is 2.42 bits per heavy atom. The highest BCUT2D eigenvalue weighted by molar-refractivity contribution is 9.10. The molecular formula is C25H33BrClFN2O. The fraction of sp³-hybridized carbons (Fsp3) is 0.520. The van der Waals surface area contributed by atoms with Crippen LogP contribution in [0.15, 0.2) is 46.9 Å². The molecule has 2 aromatic carbocycles. The molecule has 1 heterocycles. The molecule has 1 aliphatic heterocycles. The zero-order chi connectivity index (χ0) is 23.2. The average Bonchev–Trinajstić information content (AvgIpc) is 2.94. The van der Waals surface area contributed by atoms with E-state index in [1.165, 1.54) is 6.07 Å². The van der Waals surface area contributed by atoms with Crippen molar-refractivity contribution in [3.8, 4) is 0 Å². The van der Waals surface area contributed by atoms with Crippen LogP contribution in [0.25, 0.3) is 0 Å². The Morgan fingerprint density at radius 1 is 1.19 bits per heavy atom. The Hall–Kier alpha value is -0.980. The van der Waals surface area contributed by atoms with E-state index in [2.05, 4.69) is 53.7 Å². The number of rotatable bonds is 5. The van der Waals surface area contributed by atoms with Gasteiger partial charge in [-0.25, -0.2) is 4.39 Å². The van der Waals surface area contributed by atoms with Crippen molar-refractivity contribution in [2.75, 3.05) is 13.7 Å². The lowest BCUT2D eigenvalue weighted by molar-refractivity contribution is -0.124. The van der Waals surface area contributed by atoms with Crippen LogP contribution in [0.2, 0.25) is 5.02 Å². The Balaban J connectivity index is 2.28. The SMILES string of the molecule is COC(C)(C)N1C[C@H](c2cccc(Br)c2)[C@@](N)(c2ccc(Cl)cc2F)[C@@H]1CC(C)(C)C.